The van der Waals surface area contributed by atoms with E-state index >= 15 is 0 Å². The molecule has 1 saturated heterocycles. The number of benzene rings is 2. The Morgan fingerprint density at radius 1 is 1.09 bits per heavy atom. The molecule has 0 N–H and O–H groups in total. The van der Waals surface area contributed by atoms with Crippen molar-refractivity contribution in [1.29, 1.82) is 0 Å². The van der Waals surface area contributed by atoms with Gasteiger partial charge in [-0.25, -0.2) is 0 Å². The standard InChI is InChI=1S/C25H29N3O4/c1-16(2)17-10-12-18(13-11-17)23-26-24(32-27-23)19-7-6-14-28(15-19)25(29)22-20(30-3)8-5-9-21(22)31-4/h5,8-13,16,19H,6-7,14-15H2,1-4H3/t19-/m1/s1. The van der Waals surface area contributed by atoms with Crippen LogP contribution >= 0.6 is 0 Å². The van der Waals surface area contributed by atoms with Crippen molar-refractivity contribution in [1.82, 2.24) is 15.0 Å². The van der Waals surface area contributed by atoms with Crippen LogP contribution in [0.3, 0.4) is 0 Å². The van der Waals surface area contributed by atoms with Gasteiger partial charge in [-0.3, -0.25) is 4.79 Å². The predicted octanol–water partition coefficient (Wildman–Crippen LogP) is 4.90. The quantitative estimate of drug-likeness (QED) is 0.548. The van der Waals surface area contributed by atoms with E-state index in [1.807, 2.05) is 17.0 Å². The first-order valence-corrected chi connectivity index (χ1v) is 11.0. The summed E-state index contributed by atoms with van der Waals surface area (Å²) in [5.74, 6) is 2.49. The first-order chi connectivity index (χ1) is 15.5. The molecule has 0 saturated carbocycles. The van der Waals surface area contributed by atoms with Gasteiger partial charge in [-0.2, -0.15) is 4.98 Å². The van der Waals surface area contributed by atoms with Crippen LogP contribution in [0.4, 0.5) is 0 Å². The average molecular weight is 436 g/mol. The Labute approximate surface area is 188 Å². The summed E-state index contributed by atoms with van der Waals surface area (Å²) in [4.78, 5) is 19.8. The van der Waals surface area contributed by atoms with Gasteiger partial charge in [0, 0.05) is 18.7 Å². The SMILES string of the molecule is COc1cccc(OC)c1C(=O)N1CCC[C@@H](c2nc(-c3ccc(C(C)C)cc3)no2)C1. The zero-order valence-corrected chi connectivity index (χ0v) is 19.0. The summed E-state index contributed by atoms with van der Waals surface area (Å²) >= 11 is 0. The molecule has 1 atom stereocenters. The van der Waals surface area contributed by atoms with E-state index in [-0.39, 0.29) is 11.8 Å². The van der Waals surface area contributed by atoms with Crippen LogP contribution in [0.25, 0.3) is 11.4 Å². The van der Waals surface area contributed by atoms with Crippen LogP contribution in [-0.2, 0) is 0 Å². The van der Waals surface area contributed by atoms with Crippen LogP contribution in [0.2, 0.25) is 0 Å². The van der Waals surface area contributed by atoms with Gasteiger partial charge < -0.3 is 18.9 Å². The number of ether oxygens (including phenoxy) is 2. The largest absolute Gasteiger partial charge is 0.496 e. The van der Waals surface area contributed by atoms with E-state index < -0.39 is 0 Å². The fourth-order valence-electron chi connectivity index (χ4n) is 4.12. The Hall–Kier alpha value is -3.35. The van der Waals surface area contributed by atoms with Crippen LogP contribution < -0.4 is 9.47 Å². The second kappa shape index (κ2) is 9.42. The van der Waals surface area contributed by atoms with E-state index in [0.717, 1.165) is 18.4 Å². The van der Waals surface area contributed by atoms with Crippen LogP contribution in [0.5, 0.6) is 11.5 Å². The maximum absolute atomic E-state index is 13.3. The first kappa shape index (κ1) is 21.9. The summed E-state index contributed by atoms with van der Waals surface area (Å²) in [6.45, 7) is 5.50. The molecule has 0 spiro atoms. The molecule has 0 radical (unpaired) electrons. The monoisotopic (exact) mass is 435 g/mol. The number of carbonyl (C=O) groups excluding carboxylic acids is 1. The lowest BCUT2D eigenvalue weighted by Gasteiger charge is -2.31. The molecular weight excluding hydrogens is 406 g/mol. The molecule has 1 fully saturated rings. The summed E-state index contributed by atoms with van der Waals surface area (Å²) < 4.78 is 16.4. The molecule has 3 aromatic rings. The van der Waals surface area contributed by atoms with Crippen LogP contribution in [-0.4, -0.2) is 48.3 Å². The normalized spacial score (nSPS) is 16.3. The minimum Gasteiger partial charge on any atom is -0.496 e. The van der Waals surface area contributed by atoms with E-state index in [1.165, 1.54) is 5.56 Å². The van der Waals surface area contributed by atoms with Crippen molar-refractivity contribution < 1.29 is 18.8 Å². The van der Waals surface area contributed by atoms with Gasteiger partial charge >= 0.3 is 0 Å². The number of carbonyl (C=O) groups is 1. The third-order valence-electron chi connectivity index (χ3n) is 5.98. The summed E-state index contributed by atoms with van der Waals surface area (Å²) in [5, 5.41) is 4.19. The molecule has 168 valence electrons. The lowest BCUT2D eigenvalue weighted by atomic mass is 9.97. The van der Waals surface area contributed by atoms with Gasteiger partial charge in [0.05, 0.1) is 20.1 Å². The summed E-state index contributed by atoms with van der Waals surface area (Å²) in [7, 11) is 3.11. The topological polar surface area (TPSA) is 77.7 Å². The number of methoxy groups -OCH3 is 2. The molecule has 0 aliphatic carbocycles. The fraction of sp³-hybridized carbons (Fsp3) is 0.400. The molecule has 7 nitrogen and oxygen atoms in total. The Morgan fingerprint density at radius 3 is 2.41 bits per heavy atom. The summed E-state index contributed by atoms with van der Waals surface area (Å²) in [6.07, 6.45) is 1.75. The molecule has 1 aliphatic rings. The van der Waals surface area contributed by atoms with Crippen molar-refractivity contribution in [2.75, 3.05) is 27.3 Å². The number of amides is 1. The second-order valence-corrected chi connectivity index (χ2v) is 8.36. The van der Waals surface area contributed by atoms with E-state index in [1.54, 1.807) is 32.4 Å². The molecule has 1 amide bonds. The van der Waals surface area contributed by atoms with Gasteiger partial charge in [-0.05, 0) is 36.5 Å². The maximum atomic E-state index is 13.3. The lowest BCUT2D eigenvalue weighted by Crippen LogP contribution is -2.39. The minimum atomic E-state index is -0.118. The molecule has 7 heteroatoms. The average Bonchev–Trinajstić information content (AvgIpc) is 3.33. The van der Waals surface area contributed by atoms with Crippen molar-refractivity contribution >= 4 is 5.91 Å². The number of rotatable bonds is 6. The molecule has 0 unspecified atom stereocenters. The number of aromatic nitrogens is 2. The fourth-order valence-corrected chi connectivity index (χ4v) is 4.12. The Morgan fingerprint density at radius 2 is 1.78 bits per heavy atom. The van der Waals surface area contributed by atoms with E-state index in [4.69, 9.17) is 14.0 Å². The van der Waals surface area contributed by atoms with Crippen molar-refractivity contribution in [3.8, 4) is 22.9 Å². The van der Waals surface area contributed by atoms with Crippen molar-refractivity contribution in [2.24, 2.45) is 0 Å². The Balaban J connectivity index is 1.52. The van der Waals surface area contributed by atoms with Gasteiger partial charge in [0.2, 0.25) is 11.7 Å². The third-order valence-corrected chi connectivity index (χ3v) is 5.98. The highest BCUT2D eigenvalue weighted by atomic mass is 16.5. The molecule has 0 bridgehead atoms. The van der Waals surface area contributed by atoms with Gasteiger partial charge in [-0.1, -0.05) is 49.3 Å². The molecular formula is C25H29N3O4. The van der Waals surface area contributed by atoms with Crippen LogP contribution in [0.1, 0.15) is 60.3 Å². The summed E-state index contributed by atoms with van der Waals surface area (Å²) in [6, 6.07) is 13.6. The molecule has 4 rings (SSSR count). The van der Waals surface area contributed by atoms with Gasteiger partial charge in [0.15, 0.2) is 0 Å². The molecule has 32 heavy (non-hydrogen) atoms. The smallest absolute Gasteiger partial charge is 0.261 e. The second-order valence-electron chi connectivity index (χ2n) is 8.36. The first-order valence-electron chi connectivity index (χ1n) is 11.0. The van der Waals surface area contributed by atoms with Crippen molar-refractivity contribution in [2.45, 2.75) is 38.5 Å². The van der Waals surface area contributed by atoms with Crippen LogP contribution in [0, 0.1) is 0 Å². The number of piperidine rings is 1. The van der Waals surface area contributed by atoms with Gasteiger partial charge in [0.1, 0.15) is 17.1 Å². The number of likely N-dealkylation sites (tertiary alicyclic amines) is 1. The molecule has 2 heterocycles. The van der Waals surface area contributed by atoms with E-state index in [2.05, 4.69) is 36.1 Å². The van der Waals surface area contributed by atoms with Crippen molar-refractivity contribution in [3.63, 3.8) is 0 Å². The van der Waals surface area contributed by atoms with Gasteiger partial charge in [-0.15, -0.1) is 0 Å². The highest BCUT2D eigenvalue weighted by molar-refractivity contribution is 5.99. The summed E-state index contributed by atoms with van der Waals surface area (Å²) in [5.41, 5.74) is 2.63. The maximum Gasteiger partial charge on any atom is 0.261 e. The van der Waals surface area contributed by atoms with E-state index in [9.17, 15) is 4.79 Å². The molecule has 1 aromatic heterocycles. The highest BCUT2D eigenvalue weighted by Gasteiger charge is 2.31. The number of hydrogen-bond donors (Lipinski definition) is 0. The third kappa shape index (κ3) is 4.33. The Bertz CT molecular complexity index is 1050. The molecule has 1 aliphatic heterocycles. The molecule has 2 aromatic carbocycles. The number of nitrogens with zero attached hydrogens (tertiary/aromatic N) is 3. The predicted molar refractivity (Wildman–Crippen MR) is 121 cm³/mol. The zero-order valence-electron chi connectivity index (χ0n) is 19.0. The van der Waals surface area contributed by atoms with Crippen molar-refractivity contribution in [3.05, 3.63) is 59.5 Å². The Kier molecular flexibility index (Phi) is 6.44. The zero-order chi connectivity index (χ0) is 22.7. The van der Waals surface area contributed by atoms with Gasteiger partial charge in [0.25, 0.3) is 5.91 Å². The number of hydrogen-bond acceptors (Lipinski definition) is 6. The van der Waals surface area contributed by atoms with Crippen LogP contribution in [0.15, 0.2) is 47.0 Å². The highest BCUT2D eigenvalue weighted by Crippen LogP contribution is 2.33. The minimum absolute atomic E-state index is 0.00964. The lowest BCUT2D eigenvalue weighted by molar-refractivity contribution is 0.0688. The van der Waals surface area contributed by atoms with E-state index in [0.29, 0.717) is 47.8 Å².